The highest BCUT2D eigenvalue weighted by atomic mass is 32.2. The highest BCUT2D eigenvalue weighted by Crippen LogP contribution is 2.09. The van der Waals surface area contributed by atoms with E-state index < -0.39 is 10.0 Å². The van der Waals surface area contributed by atoms with Crippen LogP contribution in [-0.2, 0) is 25.2 Å². The molecule has 1 fully saturated rings. The number of nitrogens with one attached hydrogen (secondary N) is 1. The molecule has 1 heterocycles. The van der Waals surface area contributed by atoms with Gasteiger partial charge >= 0.3 is 0 Å². The molecule has 7 heteroatoms. The molecule has 1 aromatic rings. The molecule has 0 radical (unpaired) electrons. The van der Waals surface area contributed by atoms with E-state index in [2.05, 4.69) is 4.72 Å². The summed E-state index contributed by atoms with van der Waals surface area (Å²) >= 11 is 0. The Labute approximate surface area is 112 Å². The lowest BCUT2D eigenvalue weighted by Crippen LogP contribution is -2.40. The molecule has 1 aromatic carbocycles. The van der Waals surface area contributed by atoms with Crippen molar-refractivity contribution in [1.82, 2.24) is 4.72 Å². The lowest BCUT2D eigenvalue weighted by atomic mass is 10.2. The van der Waals surface area contributed by atoms with E-state index >= 15 is 0 Å². The summed E-state index contributed by atoms with van der Waals surface area (Å²) in [6.07, 6.45) is -0.213. The lowest BCUT2D eigenvalue weighted by Gasteiger charge is -2.23. The minimum atomic E-state index is -3.37. The van der Waals surface area contributed by atoms with Crippen molar-refractivity contribution in [3.63, 3.8) is 0 Å². The Morgan fingerprint density at radius 1 is 1.26 bits per heavy atom. The van der Waals surface area contributed by atoms with Crippen LogP contribution >= 0.6 is 0 Å². The first-order valence-electron chi connectivity index (χ1n) is 6.06. The second kappa shape index (κ2) is 6.33. The summed E-state index contributed by atoms with van der Waals surface area (Å²) in [5.74, 6) is -0.0686. The average Bonchev–Trinajstić information content (AvgIpc) is 2.40. The molecular weight excluding hydrogens is 268 g/mol. The van der Waals surface area contributed by atoms with Crippen LogP contribution < -0.4 is 10.5 Å². The van der Waals surface area contributed by atoms with Gasteiger partial charge in [0.25, 0.3) is 0 Å². The van der Waals surface area contributed by atoms with Crippen molar-refractivity contribution in [1.29, 1.82) is 0 Å². The van der Waals surface area contributed by atoms with E-state index in [1.54, 1.807) is 24.3 Å². The normalized spacial score (nSPS) is 20.3. The Hall–Kier alpha value is -1.15. The third kappa shape index (κ3) is 4.79. The molecule has 1 aliphatic rings. The van der Waals surface area contributed by atoms with Gasteiger partial charge in [-0.2, -0.15) is 0 Å². The fourth-order valence-electron chi connectivity index (χ4n) is 1.76. The number of hydrogen-bond donors (Lipinski definition) is 2. The number of rotatable bonds is 5. The third-order valence-electron chi connectivity index (χ3n) is 2.75. The van der Waals surface area contributed by atoms with E-state index in [1.807, 2.05) is 0 Å². The van der Waals surface area contributed by atoms with Crippen LogP contribution in [0, 0.1) is 0 Å². The Balaban J connectivity index is 1.85. The largest absolute Gasteiger partial charge is 0.399 e. The van der Waals surface area contributed by atoms with E-state index in [1.165, 1.54) is 0 Å². The van der Waals surface area contributed by atoms with Gasteiger partial charge in [0.15, 0.2) is 0 Å². The van der Waals surface area contributed by atoms with E-state index in [0.29, 0.717) is 31.1 Å². The first-order chi connectivity index (χ1) is 9.05. The molecule has 0 spiro atoms. The maximum absolute atomic E-state index is 11.9. The van der Waals surface area contributed by atoms with Crippen LogP contribution in [0.2, 0.25) is 0 Å². The van der Waals surface area contributed by atoms with Crippen LogP contribution in [0.5, 0.6) is 0 Å². The second-order valence-corrected chi connectivity index (χ2v) is 6.22. The molecule has 0 saturated carbocycles. The molecule has 1 unspecified atom stereocenters. The quantitative estimate of drug-likeness (QED) is 0.749. The molecule has 3 N–H and O–H groups in total. The van der Waals surface area contributed by atoms with Gasteiger partial charge in [-0.1, -0.05) is 12.1 Å². The number of sulfonamides is 1. The van der Waals surface area contributed by atoms with Crippen molar-refractivity contribution < 1.29 is 17.9 Å². The van der Waals surface area contributed by atoms with Gasteiger partial charge < -0.3 is 15.2 Å². The van der Waals surface area contributed by atoms with Gasteiger partial charge in [-0.25, -0.2) is 13.1 Å². The van der Waals surface area contributed by atoms with Crippen LogP contribution in [0.25, 0.3) is 0 Å². The number of nitrogen functional groups attached to an aromatic ring is 1. The molecule has 2 rings (SSSR count). The van der Waals surface area contributed by atoms with Crippen LogP contribution in [0.4, 0.5) is 5.69 Å². The zero-order valence-corrected chi connectivity index (χ0v) is 11.4. The van der Waals surface area contributed by atoms with Crippen molar-refractivity contribution >= 4 is 15.7 Å². The number of anilines is 1. The van der Waals surface area contributed by atoms with Crippen LogP contribution in [0.15, 0.2) is 24.3 Å². The molecule has 6 nitrogen and oxygen atoms in total. The molecule has 0 aliphatic carbocycles. The smallest absolute Gasteiger partial charge is 0.215 e. The highest BCUT2D eigenvalue weighted by Gasteiger charge is 2.18. The van der Waals surface area contributed by atoms with Gasteiger partial charge in [0.2, 0.25) is 10.0 Å². The Kier molecular flexibility index (Phi) is 4.76. The van der Waals surface area contributed by atoms with Gasteiger partial charge in [-0.15, -0.1) is 0 Å². The van der Waals surface area contributed by atoms with Crippen molar-refractivity contribution in [2.45, 2.75) is 11.9 Å². The first-order valence-corrected chi connectivity index (χ1v) is 7.71. The summed E-state index contributed by atoms with van der Waals surface area (Å²) in [6, 6.07) is 6.77. The topological polar surface area (TPSA) is 90.7 Å². The van der Waals surface area contributed by atoms with Crippen molar-refractivity contribution in [2.24, 2.45) is 0 Å². The van der Waals surface area contributed by atoms with Crippen LogP contribution in [0.3, 0.4) is 0 Å². The fourth-order valence-corrected chi connectivity index (χ4v) is 2.93. The van der Waals surface area contributed by atoms with Gasteiger partial charge in [0.05, 0.1) is 31.7 Å². The van der Waals surface area contributed by atoms with E-state index in [-0.39, 0.29) is 18.4 Å². The molecule has 1 atom stereocenters. The standard InChI is InChI=1S/C12H18N2O4S/c13-11-3-1-10(2-4-11)9-19(15,16)14-7-12-8-17-5-6-18-12/h1-4,12,14H,5-9,13H2. The average molecular weight is 286 g/mol. The summed E-state index contributed by atoms with van der Waals surface area (Å²) in [5.41, 5.74) is 6.86. The molecule has 0 amide bonds. The van der Waals surface area contributed by atoms with Crippen LogP contribution in [-0.4, -0.2) is 40.9 Å². The first kappa shape index (κ1) is 14.3. The van der Waals surface area contributed by atoms with Gasteiger partial charge in [0.1, 0.15) is 0 Å². The molecule has 106 valence electrons. The SMILES string of the molecule is Nc1ccc(CS(=O)(=O)NCC2COCCO2)cc1. The lowest BCUT2D eigenvalue weighted by molar-refractivity contribution is -0.0847. The molecular formula is C12H18N2O4S. The maximum Gasteiger partial charge on any atom is 0.215 e. The minimum absolute atomic E-state index is 0.0686. The maximum atomic E-state index is 11.9. The van der Waals surface area contributed by atoms with Crippen molar-refractivity contribution in [2.75, 3.05) is 32.1 Å². The van der Waals surface area contributed by atoms with E-state index in [9.17, 15) is 8.42 Å². The number of hydrogen-bond acceptors (Lipinski definition) is 5. The second-order valence-electron chi connectivity index (χ2n) is 4.42. The Morgan fingerprint density at radius 3 is 2.63 bits per heavy atom. The van der Waals surface area contributed by atoms with E-state index in [4.69, 9.17) is 15.2 Å². The van der Waals surface area contributed by atoms with Crippen molar-refractivity contribution in [3.05, 3.63) is 29.8 Å². The zero-order valence-electron chi connectivity index (χ0n) is 10.5. The van der Waals surface area contributed by atoms with Gasteiger partial charge in [-0.05, 0) is 17.7 Å². The predicted octanol–water partition coefficient (Wildman–Crippen LogP) is 0.104. The summed E-state index contributed by atoms with van der Waals surface area (Å²) in [5, 5.41) is 0. The summed E-state index contributed by atoms with van der Waals surface area (Å²) < 4.78 is 36.9. The fraction of sp³-hybridized carbons (Fsp3) is 0.500. The summed E-state index contributed by atoms with van der Waals surface area (Å²) in [6.45, 7) is 1.72. The summed E-state index contributed by atoms with van der Waals surface area (Å²) in [4.78, 5) is 0. The minimum Gasteiger partial charge on any atom is -0.399 e. The Bertz CT molecular complexity index is 495. The number of benzene rings is 1. The third-order valence-corrected chi connectivity index (χ3v) is 4.07. The monoisotopic (exact) mass is 286 g/mol. The summed E-state index contributed by atoms with van der Waals surface area (Å²) in [7, 11) is -3.37. The number of ether oxygens (including phenoxy) is 2. The molecule has 19 heavy (non-hydrogen) atoms. The van der Waals surface area contributed by atoms with Crippen molar-refractivity contribution in [3.8, 4) is 0 Å². The molecule has 0 aromatic heterocycles. The Morgan fingerprint density at radius 2 is 2.00 bits per heavy atom. The molecule has 1 aliphatic heterocycles. The van der Waals surface area contributed by atoms with Gasteiger partial charge in [0, 0.05) is 12.2 Å². The number of nitrogens with two attached hydrogens (primary N) is 1. The van der Waals surface area contributed by atoms with E-state index in [0.717, 1.165) is 0 Å². The highest BCUT2D eigenvalue weighted by molar-refractivity contribution is 7.88. The zero-order chi connectivity index (χ0) is 13.7. The molecule has 0 bridgehead atoms. The molecule has 1 saturated heterocycles. The van der Waals surface area contributed by atoms with Gasteiger partial charge in [-0.3, -0.25) is 0 Å². The van der Waals surface area contributed by atoms with Crippen LogP contribution in [0.1, 0.15) is 5.56 Å². The predicted molar refractivity (Wildman–Crippen MR) is 72.0 cm³/mol.